The van der Waals surface area contributed by atoms with Crippen molar-refractivity contribution in [1.29, 1.82) is 5.26 Å². The number of aromatic nitrogens is 2. The number of rotatable bonds is 7. The molecule has 0 radical (unpaired) electrons. The summed E-state index contributed by atoms with van der Waals surface area (Å²) in [5.41, 5.74) is 5.39. The lowest BCUT2D eigenvalue weighted by molar-refractivity contribution is -0.118. The lowest BCUT2D eigenvalue weighted by Crippen LogP contribution is -2.26. The number of hydrogen-bond donors (Lipinski definition) is 3. The Morgan fingerprint density at radius 2 is 2.19 bits per heavy atom. The number of guanidine groups is 1. The standard InChI is InChI=1S/C13H17F3N8S2/c1-25-11(22-8-17)19-4-2-6-26-12-20-5-3-9(24-12)23-10(18)21-7-13(14,15)16/h3,5H,2,4,6-7H2,1H3,(H,19,22)(H3,18,20,21,23,24). The predicted molar refractivity (Wildman–Crippen MR) is 98.1 cm³/mol. The van der Waals surface area contributed by atoms with E-state index in [0.29, 0.717) is 22.6 Å². The van der Waals surface area contributed by atoms with Gasteiger partial charge in [-0.2, -0.15) is 18.4 Å². The quantitative estimate of drug-likeness (QED) is 0.120. The van der Waals surface area contributed by atoms with Crippen LogP contribution in [-0.2, 0) is 0 Å². The fraction of sp³-hybridized carbons (Fsp3) is 0.462. The Bertz CT molecular complexity index is 672. The van der Waals surface area contributed by atoms with E-state index in [1.807, 2.05) is 12.4 Å². The highest BCUT2D eigenvalue weighted by atomic mass is 32.2. The van der Waals surface area contributed by atoms with Gasteiger partial charge in [0.15, 0.2) is 22.5 Å². The summed E-state index contributed by atoms with van der Waals surface area (Å²) < 4.78 is 36.3. The molecule has 0 bridgehead atoms. The van der Waals surface area contributed by atoms with Gasteiger partial charge in [-0.25, -0.2) is 15.0 Å². The first kappa shape index (κ1) is 21.8. The third-order valence-electron chi connectivity index (χ3n) is 2.46. The lowest BCUT2D eigenvalue weighted by atomic mass is 10.5. The fourth-order valence-corrected chi connectivity index (χ4v) is 2.56. The summed E-state index contributed by atoms with van der Waals surface area (Å²) in [7, 11) is 0. The Labute approximate surface area is 157 Å². The first-order valence-corrected chi connectivity index (χ1v) is 9.38. The maximum atomic E-state index is 12.1. The van der Waals surface area contributed by atoms with Crippen molar-refractivity contribution in [2.24, 2.45) is 15.7 Å². The molecule has 1 aromatic heterocycles. The van der Waals surface area contributed by atoms with Gasteiger partial charge >= 0.3 is 6.18 Å². The molecule has 0 aliphatic heterocycles. The molecule has 142 valence electrons. The molecular formula is C13H17F3N8S2. The van der Waals surface area contributed by atoms with Gasteiger partial charge in [-0.05, 0) is 18.7 Å². The molecule has 0 atom stereocenters. The van der Waals surface area contributed by atoms with Crippen molar-refractivity contribution in [3.05, 3.63) is 12.3 Å². The smallest absolute Gasteiger partial charge is 0.370 e. The van der Waals surface area contributed by atoms with Gasteiger partial charge in [-0.15, -0.1) is 0 Å². The summed E-state index contributed by atoms with van der Waals surface area (Å²) in [6.45, 7) is -0.829. The Morgan fingerprint density at radius 1 is 1.42 bits per heavy atom. The van der Waals surface area contributed by atoms with E-state index in [9.17, 15) is 13.2 Å². The number of amidine groups is 1. The van der Waals surface area contributed by atoms with Crippen molar-refractivity contribution in [1.82, 2.24) is 15.3 Å². The van der Waals surface area contributed by atoms with Gasteiger partial charge in [0.05, 0.1) is 0 Å². The third kappa shape index (κ3) is 9.94. The summed E-state index contributed by atoms with van der Waals surface area (Å²) in [5, 5.41) is 14.5. The van der Waals surface area contributed by atoms with Gasteiger partial charge in [0.1, 0.15) is 12.4 Å². The summed E-state index contributed by atoms with van der Waals surface area (Å²) >= 11 is 2.71. The second kappa shape index (κ2) is 11.4. The van der Waals surface area contributed by atoms with Crippen LogP contribution in [0.5, 0.6) is 0 Å². The molecule has 0 spiro atoms. The molecule has 0 saturated heterocycles. The number of halogens is 3. The number of nitrogens with two attached hydrogens (primary N) is 1. The summed E-state index contributed by atoms with van der Waals surface area (Å²) in [6.07, 6.45) is 1.41. The van der Waals surface area contributed by atoms with Crippen molar-refractivity contribution in [2.75, 3.05) is 30.4 Å². The maximum Gasteiger partial charge on any atom is 0.408 e. The van der Waals surface area contributed by atoms with Crippen LogP contribution in [0.1, 0.15) is 6.42 Å². The molecule has 1 rings (SSSR count). The van der Waals surface area contributed by atoms with Crippen LogP contribution in [0.15, 0.2) is 27.4 Å². The van der Waals surface area contributed by atoms with E-state index in [-0.39, 0.29) is 11.8 Å². The summed E-state index contributed by atoms with van der Waals surface area (Å²) in [6, 6.07) is 1.47. The van der Waals surface area contributed by atoms with E-state index in [0.717, 1.165) is 6.42 Å². The van der Waals surface area contributed by atoms with Crippen LogP contribution < -0.4 is 16.4 Å². The zero-order valence-corrected chi connectivity index (χ0v) is 15.4. The van der Waals surface area contributed by atoms with Gasteiger partial charge in [0, 0.05) is 18.5 Å². The lowest BCUT2D eigenvalue weighted by Gasteiger charge is -2.07. The van der Waals surface area contributed by atoms with Crippen LogP contribution in [0.25, 0.3) is 0 Å². The monoisotopic (exact) mass is 406 g/mol. The van der Waals surface area contributed by atoms with Crippen LogP contribution in [0.4, 0.5) is 19.0 Å². The third-order valence-corrected chi connectivity index (χ3v) is 4.03. The highest BCUT2D eigenvalue weighted by Gasteiger charge is 2.26. The summed E-state index contributed by atoms with van der Waals surface area (Å²) in [5.74, 6) is 0.562. The van der Waals surface area contributed by atoms with Crippen molar-refractivity contribution in [3.63, 3.8) is 0 Å². The van der Waals surface area contributed by atoms with Gasteiger partial charge in [-0.3, -0.25) is 10.3 Å². The summed E-state index contributed by atoms with van der Waals surface area (Å²) in [4.78, 5) is 15.6. The topological polar surface area (TPSA) is 124 Å². The van der Waals surface area contributed by atoms with Gasteiger partial charge in [-0.1, -0.05) is 23.5 Å². The molecule has 4 N–H and O–H groups in total. The Morgan fingerprint density at radius 3 is 2.85 bits per heavy atom. The second-order valence-electron chi connectivity index (χ2n) is 4.50. The van der Waals surface area contributed by atoms with Crippen LogP contribution >= 0.6 is 23.5 Å². The van der Waals surface area contributed by atoms with Crippen LogP contribution in [0.2, 0.25) is 0 Å². The van der Waals surface area contributed by atoms with E-state index < -0.39 is 12.7 Å². The van der Waals surface area contributed by atoms with Crippen molar-refractivity contribution in [3.8, 4) is 6.19 Å². The molecule has 0 saturated carbocycles. The number of nitrogens with one attached hydrogen (secondary N) is 2. The zero-order valence-electron chi connectivity index (χ0n) is 13.7. The average molecular weight is 406 g/mol. The van der Waals surface area contributed by atoms with Gasteiger partial charge in [0.2, 0.25) is 0 Å². The number of nitrogens with zero attached hydrogens (tertiary/aromatic N) is 5. The molecule has 0 unspecified atom stereocenters. The van der Waals surface area contributed by atoms with Crippen molar-refractivity contribution < 1.29 is 13.2 Å². The fourth-order valence-electron chi connectivity index (χ4n) is 1.44. The highest BCUT2D eigenvalue weighted by molar-refractivity contribution is 8.13. The molecule has 0 aromatic carbocycles. The Kier molecular flexibility index (Phi) is 9.60. The first-order chi connectivity index (χ1) is 12.3. The Hall–Kier alpha value is -2.20. The minimum Gasteiger partial charge on any atom is -0.370 e. The molecule has 1 heterocycles. The maximum absolute atomic E-state index is 12.1. The number of aliphatic imine (C=N–C) groups is 2. The van der Waals surface area contributed by atoms with Crippen molar-refractivity contribution >= 4 is 40.5 Å². The van der Waals surface area contributed by atoms with Gasteiger partial charge < -0.3 is 11.1 Å². The van der Waals surface area contributed by atoms with E-state index in [1.54, 1.807) is 0 Å². The minimum absolute atomic E-state index is 0.256. The highest BCUT2D eigenvalue weighted by Crippen LogP contribution is 2.16. The molecule has 13 heteroatoms. The predicted octanol–water partition coefficient (Wildman–Crippen LogP) is 2.04. The molecule has 0 fully saturated rings. The van der Waals surface area contributed by atoms with E-state index in [4.69, 9.17) is 11.0 Å². The van der Waals surface area contributed by atoms with Crippen LogP contribution in [0.3, 0.4) is 0 Å². The van der Waals surface area contributed by atoms with Crippen molar-refractivity contribution in [2.45, 2.75) is 17.8 Å². The van der Waals surface area contributed by atoms with E-state index in [1.165, 1.54) is 35.8 Å². The molecule has 8 nitrogen and oxygen atoms in total. The van der Waals surface area contributed by atoms with Crippen LogP contribution in [0, 0.1) is 11.5 Å². The normalized spacial score (nSPS) is 12.6. The number of thioether (sulfide) groups is 2. The number of hydrogen-bond acceptors (Lipinski definition) is 7. The SMILES string of the molecule is CSC(=NCCCSc1nccc(NC(N)=NCC(F)(F)F)n1)NC#N. The van der Waals surface area contributed by atoms with E-state index in [2.05, 4.69) is 30.6 Å². The second-order valence-corrected chi connectivity index (χ2v) is 6.35. The molecule has 1 aromatic rings. The molecule has 0 aliphatic rings. The largest absolute Gasteiger partial charge is 0.408 e. The van der Waals surface area contributed by atoms with Crippen LogP contribution in [-0.4, -0.2) is 52.4 Å². The molecule has 0 aliphatic carbocycles. The molecule has 26 heavy (non-hydrogen) atoms. The zero-order chi connectivity index (χ0) is 19.4. The first-order valence-electron chi connectivity index (χ1n) is 7.17. The Balaban J connectivity index is 2.46. The molecular weight excluding hydrogens is 389 g/mol. The average Bonchev–Trinajstić information content (AvgIpc) is 2.58. The number of anilines is 1. The van der Waals surface area contributed by atoms with E-state index >= 15 is 0 Å². The van der Waals surface area contributed by atoms with Gasteiger partial charge in [0.25, 0.3) is 0 Å². The number of nitriles is 1. The minimum atomic E-state index is -4.42. The number of alkyl halides is 3. The molecule has 0 amide bonds.